The monoisotopic (exact) mass is 256 g/mol. The van der Waals surface area contributed by atoms with Crippen LogP contribution >= 0.6 is 37.8 Å². The Morgan fingerprint density at radius 1 is 1.27 bits per heavy atom. The van der Waals surface area contributed by atoms with Crippen molar-refractivity contribution in [1.82, 2.24) is 0 Å². The van der Waals surface area contributed by atoms with Gasteiger partial charge in [-0.2, -0.15) is 0 Å². The minimum absolute atomic E-state index is 0.441. The van der Waals surface area contributed by atoms with Gasteiger partial charge in [0.2, 0.25) is 0 Å². The second-order valence-electron chi connectivity index (χ2n) is 1.83. The Labute approximate surface area is 84.9 Å². The highest BCUT2D eigenvalue weighted by atomic mass is 36.1. The molecule has 0 fully saturated rings. The molecule has 0 aliphatic carbocycles. The molecule has 1 nitrogen and oxygen atoms in total. The van der Waals surface area contributed by atoms with Gasteiger partial charge >= 0.3 is 0 Å². The summed E-state index contributed by atoms with van der Waals surface area (Å²) < 4.78 is 3.05. The summed E-state index contributed by atoms with van der Waals surface area (Å²) in [5.74, 6) is 0.796. The molecule has 0 aromatic rings. The van der Waals surface area contributed by atoms with Crippen LogP contribution in [0.3, 0.4) is 0 Å². The first-order valence-electron chi connectivity index (χ1n) is 3.35. The van der Waals surface area contributed by atoms with Gasteiger partial charge in [-0.25, -0.2) is 0 Å². The Balaban J connectivity index is 4.17. The SMILES string of the molecule is CCCOS(CC)=P(Cl)(Cl)Cl. The summed E-state index contributed by atoms with van der Waals surface area (Å²) in [6, 6.07) is 0. The molecule has 11 heavy (non-hydrogen) atoms. The third-order valence-corrected chi connectivity index (χ3v) is 8.93. The van der Waals surface area contributed by atoms with Crippen LogP contribution in [-0.4, -0.2) is 12.4 Å². The maximum atomic E-state index is 5.76. The van der Waals surface area contributed by atoms with Crippen molar-refractivity contribution in [3.05, 3.63) is 0 Å². The minimum atomic E-state index is -2.33. The first-order valence-corrected chi connectivity index (χ1v) is 9.78. The van der Waals surface area contributed by atoms with E-state index in [1.807, 2.05) is 13.8 Å². The summed E-state index contributed by atoms with van der Waals surface area (Å²) in [6.07, 6.45) is 0.966. The average Bonchev–Trinajstić information content (AvgIpc) is 1.87. The van der Waals surface area contributed by atoms with Crippen LogP contribution in [0.5, 0.6) is 0 Å². The van der Waals surface area contributed by atoms with Gasteiger partial charge in [-0.15, -0.1) is 0 Å². The fourth-order valence-electron chi connectivity index (χ4n) is 0.469. The normalized spacial score (nSPS) is 15.0. The van der Waals surface area contributed by atoms with Gasteiger partial charge in [0.25, 0.3) is 0 Å². The largest absolute Gasteiger partial charge is 0.320 e. The maximum Gasteiger partial charge on any atom is 0.188 e. The van der Waals surface area contributed by atoms with Crippen molar-refractivity contribution in [2.45, 2.75) is 20.3 Å². The van der Waals surface area contributed by atoms with E-state index in [-0.39, 0.29) is 0 Å². The summed E-state index contributed by atoms with van der Waals surface area (Å²) >= 11 is 17.3. The molecule has 0 aliphatic heterocycles. The third-order valence-electron chi connectivity index (χ3n) is 0.901. The summed E-state index contributed by atoms with van der Waals surface area (Å²) in [6.45, 7) is 4.69. The number of halogens is 3. The topological polar surface area (TPSA) is 9.23 Å². The molecular weight excluding hydrogens is 245 g/mol. The van der Waals surface area contributed by atoms with E-state index in [0.717, 1.165) is 12.2 Å². The molecule has 0 heterocycles. The molecule has 0 amide bonds. The van der Waals surface area contributed by atoms with Crippen molar-refractivity contribution in [2.24, 2.45) is 0 Å². The number of hydrogen-bond acceptors (Lipinski definition) is 1. The first kappa shape index (κ1) is 12.6. The van der Waals surface area contributed by atoms with Crippen LogP contribution in [0.25, 0.3) is 0 Å². The van der Waals surface area contributed by atoms with E-state index in [1.165, 1.54) is 0 Å². The molecule has 0 rings (SSSR count). The zero-order chi connectivity index (χ0) is 8.91. The van der Waals surface area contributed by atoms with Gasteiger partial charge < -0.3 is 4.18 Å². The van der Waals surface area contributed by atoms with Crippen molar-refractivity contribution in [3.63, 3.8) is 0 Å². The Morgan fingerprint density at radius 3 is 2.09 bits per heavy atom. The second kappa shape index (κ2) is 6.12. The molecule has 1 unspecified atom stereocenters. The van der Waals surface area contributed by atoms with E-state index in [2.05, 4.69) is 0 Å². The van der Waals surface area contributed by atoms with Crippen LogP contribution < -0.4 is 0 Å². The van der Waals surface area contributed by atoms with Crippen LogP contribution in [0, 0.1) is 0 Å². The molecule has 0 aromatic heterocycles. The lowest BCUT2D eigenvalue weighted by Crippen LogP contribution is -1.99. The lowest BCUT2D eigenvalue weighted by atomic mass is 10.5. The number of hydrogen-bond donors (Lipinski definition) is 0. The minimum Gasteiger partial charge on any atom is -0.320 e. The van der Waals surface area contributed by atoms with Crippen LogP contribution in [-0.2, 0) is 14.5 Å². The van der Waals surface area contributed by atoms with E-state index < -0.39 is 14.4 Å². The molecule has 0 aliphatic rings. The molecule has 0 saturated carbocycles. The summed E-state index contributed by atoms with van der Waals surface area (Å²) in [5.41, 5.74) is 0. The van der Waals surface area contributed by atoms with E-state index in [4.69, 9.17) is 37.9 Å². The molecule has 6 heteroatoms. The maximum absolute atomic E-state index is 5.76. The van der Waals surface area contributed by atoms with E-state index in [1.54, 1.807) is 0 Å². The molecule has 0 N–H and O–H groups in total. The predicted octanol–water partition coefficient (Wildman–Crippen LogP) is 4.36. The molecule has 70 valence electrons. The summed E-state index contributed by atoms with van der Waals surface area (Å²) in [4.78, 5) is 0. The van der Waals surface area contributed by atoms with Crippen LogP contribution in [0.15, 0.2) is 0 Å². The predicted molar refractivity (Wildman–Crippen MR) is 58.6 cm³/mol. The first-order chi connectivity index (χ1) is 5.02. The second-order valence-corrected chi connectivity index (χ2v) is 14.9. The smallest absolute Gasteiger partial charge is 0.188 e. The van der Waals surface area contributed by atoms with Crippen molar-refractivity contribution >= 4 is 48.2 Å². The highest BCUT2D eigenvalue weighted by Crippen LogP contribution is 2.66. The Bertz CT molecular complexity index is 159. The standard InChI is InChI=1S/C5H12Cl3OPS/c1-3-5-9-11(4-2)10(6,7)8/h3-5H2,1-2H3. The Kier molecular flexibility index (Phi) is 7.02. The van der Waals surface area contributed by atoms with Gasteiger partial charge in [-0.05, 0) is 16.8 Å². The molecule has 0 aromatic carbocycles. The summed E-state index contributed by atoms with van der Waals surface area (Å²) in [5, 5.41) is 0. The molecule has 0 radical (unpaired) electrons. The number of rotatable bonds is 4. The quantitative estimate of drug-likeness (QED) is 0.680. The fraction of sp³-hybridized carbons (Fsp3) is 1.00. The van der Waals surface area contributed by atoms with Gasteiger partial charge in [0, 0.05) is 5.75 Å². The van der Waals surface area contributed by atoms with Gasteiger partial charge in [-0.3, -0.25) is 0 Å². The van der Waals surface area contributed by atoms with E-state index in [0.29, 0.717) is 6.61 Å². The van der Waals surface area contributed by atoms with E-state index in [9.17, 15) is 0 Å². The Hall–Kier alpha value is 1.61. The average molecular weight is 258 g/mol. The zero-order valence-electron chi connectivity index (χ0n) is 6.52. The highest BCUT2D eigenvalue weighted by Gasteiger charge is 2.11. The van der Waals surface area contributed by atoms with Gasteiger partial charge in [0.05, 0.1) is 6.61 Å². The van der Waals surface area contributed by atoms with Crippen molar-refractivity contribution in [1.29, 1.82) is 0 Å². The highest BCUT2D eigenvalue weighted by molar-refractivity contribution is 8.58. The van der Waals surface area contributed by atoms with Crippen molar-refractivity contribution < 1.29 is 4.18 Å². The molecular formula is C5H12Cl3OPS. The fourth-order valence-corrected chi connectivity index (χ4v) is 6.58. The third kappa shape index (κ3) is 5.79. The van der Waals surface area contributed by atoms with Crippen LogP contribution in [0.4, 0.5) is 0 Å². The summed E-state index contributed by atoms with van der Waals surface area (Å²) in [7, 11) is -0.441. The zero-order valence-corrected chi connectivity index (χ0v) is 10.5. The van der Waals surface area contributed by atoms with Gasteiger partial charge in [-0.1, -0.05) is 47.6 Å². The molecule has 0 bridgehead atoms. The van der Waals surface area contributed by atoms with Gasteiger partial charge in [0.15, 0.2) is 4.10 Å². The van der Waals surface area contributed by atoms with Crippen LogP contribution in [0.1, 0.15) is 20.3 Å². The lowest BCUT2D eigenvalue weighted by Gasteiger charge is -2.11. The lowest BCUT2D eigenvalue weighted by molar-refractivity contribution is 0.369. The molecule has 1 atom stereocenters. The van der Waals surface area contributed by atoms with Crippen LogP contribution in [0.2, 0.25) is 0 Å². The molecule has 0 saturated heterocycles. The van der Waals surface area contributed by atoms with Crippen molar-refractivity contribution in [3.8, 4) is 0 Å². The Morgan fingerprint density at radius 2 is 1.82 bits per heavy atom. The molecule has 0 spiro atoms. The van der Waals surface area contributed by atoms with Gasteiger partial charge in [0.1, 0.15) is 0 Å². The van der Waals surface area contributed by atoms with E-state index >= 15 is 0 Å². The van der Waals surface area contributed by atoms with Crippen molar-refractivity contribution in [2.75, 3.05) is 12.4 Å².